The second kappa shape index (κ2) is 6.94. The first kappa shape index (κ1) is 16.2. The van der Waals surface area contributed by atoms with E-state index in [1.807, 2.05) is 36.1 Å². The molecule has 0 spiro atoms. The molecule has 132 valence electrons. The highest BCUT2D eigenvalue weighted by Gasteiger charge is 2.33. The van der Waals surface area contributed by atoms with Gasteiger partial charge in [0, 0.05) is 18.7 Å². The number of carbonyl (C=O) groups excluding carboxylic acids is 1. The molecule has 1 aromatic carbocycles. The van der Waals surface area contributed by atoms with Crippen molar-refractivity contribution in [3.63, 3.8) is 0 Å². The van der Waals surface area contributed by atoms with E-state index in [2.05, 4.69) is 15.4 Å². The molecular formula is C19H25N5O. The number of benzene rings is 1. The Kier molecular flexibility index (Phi) is 4.51. The summed E-state index contributed by atoms with van der Waals surface area (Å²) in [5, 5.41) is 12.5. The van der Waals surface area contributed by atoms with Gasteiger partial charge in [-0.05, 0) is 36.8 Å². The maximum absolute atomic E-state index is 12.6. The van der Waals surface area contributed by atoms with Crippen molar-refractivity contribution in [2.24, 2.45) is 11.8 Å². The molecular weight excluding hydrogens is 314 g/mol. The molecule has 25 heavy (non-hydrogen) atoms. The van der Waals surface area contributed by atoms with Gasteiger partial charge in [-0.2, -0.15) is 4.80 Å². The third-order valence-corrected chi connectivity index (χ3v) is 5.68. The zero-order valence-electron chi connectivity index (χ0n) is 14.8. The van der Waals surface area contributed by atoms with Crippen molar-refractivity contribution in [2.45, 2.75) is 45.6 Å². The van der Waals surface area contributed by atoms with Crippen LogP contribution in [0.3, 0.4) is 0 Å². The number of hydrogen-bond donors (Lipinski definition) is 0. The minimum Gasteiger partial charge on any atom is -0.341 e. The standard InChI is InChI=1S/C19H25N5O/c1-14-6-8-16(9-7-14)19-20-22-24(21-19)13-18(25)23-11-10-15-4-2-3-5-17(15)12-23/h6-9,15,17H,2-5,10-13H2,1H3/t15-,17-/m0/s1. The summed E-state index contributed by atoms with van der Waals surface area (Å²) in [5.74, 6) is 2.20. The molecule has 6 nitrogen and oxygen atoms in total. The van der Waals surface area contributed by atoms with Crippen molar-refractivity contribution < 1.29 is 4.79 Å². The molecule has 2 fully saturated rings. The highest BCUT2D eigenvalue weighted by molar-refractivity contribution is 5.76. The van der Waals surface area contributed by atoms with Crippen molar-refractivity contribution >= 4 is 5.91 Å². The lowest BCUT2D eigenvalue weighted by atomic mass is 9.75. The minimum absolute atomic E-state index is 0.108. The second-order valence-corrected chi connectivity index (χ2v) is 7.44. The molecule has 2 atom stereocenters. The van der Waals surface area contributed by atoms with Crippen molar-refractivity contribution in [2.75, 3.05) is 13.1 Å². The van der Waals surface area contributed by atoms with Crippen LogP contribution in [-0.2, 0) is 11.3 Å². The highest BCUT2D eigenvalue weighted by atomic mass is 16.2. The Labute approximate surface area is 148 Å². The molecule has 2 aliphatic rings. The van der Waals surface area contributed by atoms with E-state index in [0.717, 1.165) is 31.0 Å². The molecule has 1 saturated heterocycles. The number of aryl methyl sites for hydroxylation is 1. The first-order chi connectivity index (χ1) is 12.2. The van der Waals surface area contributed by atoms with Crippen LogP contribution in [0.5, 0.6) is 0 Å². The molecule has 1 saturated carbocycles. The number of tetrazole rings is 1. The first-order valence-corrected chi connectivity index (χ1v) is 9.31. The molecule has 4 rings (SSSR count). The monoisotopic (exact) mass is 339 g/mol. The summed E-state index contributed by atoms with van der Waals surface area (Å²) >= 11 is 0. The average molecular weight is 339 g/mol. The predicted octanol–water partition coefficient (Wildman–Crippen LogP) is 2.69. The molecule has 1 aliphatic carbocycles. The van der Waals surface area contributed by atoms with Crippen molar-refractivity contribution in [3.8, 4) is 11.4 Å². The molecule has 1 aliphatic heterocycles. The Balaban J connectivity index is 1.39. The fourth-order valence-corrected chi connectivity index (χ4v) is 4.18. The number of rotatable bonds is 3. The Morgan fingerprint density at radius 2 is 1.88 bits per heavy atom. The zero-order valence-corrected chi connectivity index (χ0v) is 14.8. The van der Waals surface area contributed by atoms with Crippen molar-refractivity contribution in [3.05, 3.63) is 29.8 Å². The van der Waals surface area contributed by atoms with E-state index >= 15 is 0 Å². The van der Waals surface area contributed by atoms with E-state index in [9.17, 15) is 4.79 Å². The summed E-state index contributed by atoms with van der Waals surface area (Å²) in [5.41, 5.74) is 2.12. The van der Waals surface area contributed by atoms with E-state index in [-0.39, 0.29) is 12.5 Å². The van der Waals surface area contributed by atoms with Gasteiger partial charge < -0.3 is 4.90 Å². The average Bonchev–Trinajstić information content (AvgIpc) is 3.10. The third-order valence-electron chi connectivity index (χ3n) is 5.68. The lowest BCUT2D eigenvalue weighted by Gasteiger charge is -2.41. The fraction of sp³-hybridized carbons (Fsp3) is 0.579. The number of nitrogens with zero attached hydrogens (tertiary/aromatic N) is 5. The second-order valence-electron chi connectivity index (χ2n) is 7.44. The zero-order chi connectivity index (χ0) is 17.2. The topological polar surface area (TPSA) is 63.9 Å². The smallest absolute Gasteiger partial charge is 0.246 e. The summed E-state index contributed by atoms with van der Waals surface area (Å²) < 4.78 is 0. The van der Waals surface area contributed by atoms with Crippen LogP contribution < -0.4 is 0 Å². The Morgan fingerprint density at radius 1 is 1.12 bits per heavy atom. The highest BCUT2D eigenvalue weighted by Crippen LogP contribution is 2.36. The lowest BCUT2D eigenvalue weighted by Crippen LogP contribution is -2.46. The first-order valence-electron chi connectivity index (χ1n) is 9.31. The van der Waals surface area contributed by atoms with Gasteiger partial charge in [0.15, 0.2) is 0 Å². The molecule has 0 unspecified atom stereocenters. The molecule has 1 aromatic heterocycles. The Hall–Kier alpha value is -2.24. The number of hydrogen-bond acceptors (Lipinski definition) is 4. The summed E-state index contributed by atoms with van der Waals surface area (Å²) in [6, 6.07) is 8.00. The maximum atomic E-state index is 12.6. The van der Waals surface area contributed by atoms with Gasteiger partial charge in [-0.25, -0.2) is 0 Å². The number of likely N-dealkylation sites (tertiary alicyclic amines) is 1. The number of fused-ring (bicyclic) bond motifs is 1. The number of aromatic nitrogens is 4. The SMILES string of the molecule is Cc1ccc(-c2nnn(CC(=O)N3CC[C@@H]4CCCC[C@H]4C3)n2)cc1. The molecule has 1 amide bonds. The summed E-state index contributed by atoms with van der Waals surface area (Å²) in [6.45, 7) is 4.00. The Morgan fingerprint density at radius 3 is 2.68 bits per heavy atom. The van der Waals surface area contributed by atoms with E-state index in [0.29, 0.717) is 11.7 Å². The largest absolute Gasteiger partial charge is 0.341 e. The maximum Gasteiger partial charge on any atom is 0.246 e. The van der Waals surface area contributed by atoms with Gasteiger partial charge in [0.25, 0.3) is 0 Å². The quantitative estimate of drug-likeness (QED) is 0.862. The van der Waals surface area contributed by atoms with Gasteiger partial charge >= 0.3 is 0 Å². The number of carbonyl (C=O) groups is 1. The van der Waals surface area contributed by atoms with Gasteiger partial charge in [0.1, 0.15) is 6.54 Å². The van der Waals surface area contributed by atoms with E-state index in [1.54, 1.807) is 0 Å². The van der Waals surface area contributed by atoms with Crippen LogP contribution in [0.1, 0.15) is 37.7 Å². The molecule has 6 heteroatoms. The van der Waals surface area contributed by atoms with E-state index < -0.39 is 0 Å². The van der Waals surface area contributed by atoms with Crippen LogP contribution >= 0.6 is 0 Å². The summed E-state index contributed by atoms with van der Waals surface area (Å²) in [6.07, 6.45) is 6.44. The van der Waals surface area contributed by atoms with Crippen molar-refractivity contribution in [1.29, 1.82) is 0 Å². The number of amides is 1. The molecule has 2 heterocycles. The third kappa shape index (κ3) is 3.57. The van der Waals surface area contributed by atoms with E-state index in [1.165, 1.54) is 36.0 Å². The number of piperidine rings is 1. The van der Waals surface area contributed by atoms with Crippen LogP contribution in [-0.4, -0.2) is 44.1 Å². The van der Waals surface area contributed by atoms with Gasteiger partial charge in [-0.1, -0.05) is 49.1 Å². The van der Waals surface area contributed by atoms with Crippen LogP contribution in [0.25, 0.3) is 11.4 Å². The van der Waals surface area contributed by atoms with Crippen LogP contribution in [0, 0.1) is 18.8 Å². The van der Waals surface area contributed by atoms with Gasteiger partial charge in [-0.3, -0.25) is 4.79 Å². The predicted molar refractivity (Wildman–Crippen MR) is 94.6 cm³/mol. The Bertz CT molecular complexity index is 739. The van der Waals surface area contributed by atoms with E-state index in [4.69, 9.17) is 0 Å². The van der Waals surface area contributed by atoms with Gasteiger partial charge in [0.05, 0.1) is 0 Å². The van der Waals surface area contributed by atoms with Crippen LogP contribution in [0.15, 0.2) is 24.3 Å². The molecule has 0 N–H and O–H groups in total. The van der Waals surface area contributed by atoms with Crippen LogP contribution in [0.4, 0.5) is 0 Å². The normalized spacial score (nSPS) is 23.3. The molecule has 0 radical (unpaired) electrons. The molecule has 2 aromatic rings. The summed E-state index contributed by atoms with van der Waals surface area (Å²) in [7, 11) is 0. The van der Waals surface area contributed by atoms with Gasteiger partial charge in [-0.15, -0.1) is 10.2 Å². The molecule has 0 bridgehead atoms. The lowest BCUT2D eigenvalue weighted by molar-refractivity contribution is -0.135. The minimum atomic E-state index is 0.108. The van der Waals surface area contributed by atoms with Gasteiger partial charge in [0.2, 0.25) is 11.7 Å². The summed E-state index contributed by atoms with van der Waals surface area (Å²) in [4.78, 5) is 16.1. The van der Waals surface area contributed by atoms with Crippen molar-refractivity contribution in [1.82, 2.24) is 25.1 Å². The fourth-order valence-electron chi connectivity index (χ4n) is 4.18. The van der Waals surface area contributed by atoms with Crippen LogP contribution in [0.2, 0.25) is 0 Å².